The Morgan fingerprint density at radius 3 is 2.22 bits per heavy atom. The molecule has 8 nitrogen and oxygen atoms in total. The Labute approximate surface area is 241 Å². The lowest BCUT2D eigenvalue weighted by Crippen LogP contribution is -2.51. The monoisotopic (exact) mass is 572 g/mol. The van der Waals surface area contributed by atoms with E-state index in [-0.39, 0.29) is 35.5 Å². The second-order valence-corrected chi connectivity index (χ2v) is 11.4. The third-order valence-corrected chi connectivity index (χ3v) is 6.57. The van der Waals surface area contributed by atoms with Crippen LogP contribution < -0.4 is 16.0 Å². The Kier molecular flexibility index (Phi) is 11.3. The lowest BCUT2D eigenvalue weighted by Gasteiger charge is -2.29. The molecule has 0 fully saturated rings. The van der Waals surface area contributed by atoms with Gasteiger partial charge < -0.3 is 30.7 Å². The number of aliphatic hydroxyl groups is 1. The van der Waals surface area contributed by atoms with Gasteiger partial charge in [-0.1, -0.05) is 13.8 Å². The smallest absolute Gasteiger partial charge is 0.253 e. The minimum atomic E-state index is -1.08. The van der Waals surface area contributed by atoms with Gasteiger partial charge in [0.1, 0.15) is 17.9 Å². The molecule has 3 unspecified atom stereocenters. The zero-order valence-corrected chi connectivity index (χ0v) is 24.5. The first-order valence-corrected chi connectivity index (χ1v) is 14.1. The van der Waals surface area contributed by atoms with E-state index in [1.165, 1.54) is 24.5 Å². The summed E-state index contributed by atoms with van der Waals surface area (Å²) in [6, 6.07) is 7.09. The van der Waals surface area contributed by atoms with Crippen LogP contribution in [0.2, 0.25) is 0 Å². The highest BCUT2D eigenvalue weighted by Crippen LogP contribution is 2.23. The normalized spacial score (nSPS) is 16.0. The fourth-order valence-corrected chi connectivity index (χ4v) is 4.62. The largest absolute Gasteiger partial charge is 0.473 e. The second kappa shape index (κ2) is 14.4. The number of benzene rings is 2. The third kappa shape index (κ3) is 9.54. The van der Waals surface area contributed by atoms with Crippen molar-refractivity contribution in [2.24, 2.45) is 0 Å². The van der Waals surface area contributed by atoms with Crippen LogP contribution in [0.4, 0.5) is 8.78 Å². The summed E-state index contributed by atoms with van der Waals surface area (Å²) >= 11 is 0. The highest BCUT2D eigenvalue weighted by molar-refractivity contribution is 6.00. The van der Waals surface area contributed by atoms with E-state index in [1.807, 2.05) is 34.6 Å². The number of halogens is 2. The summed E-state index contributed by atoms with van der Waals surface area (Å²) in [7, 11) is 0. The fraction of sp³-hybridized carbons (Fsp3) is 0.484. The number of β-amino-alcohol motifs (C(OH)–C–C–N with tert-alkyl or cyclic N) is 1. The zero-order valence-electron chi connectivity index (χ0n) is 24.5. The Morgan fingerprint density at radius 1 is 1.02 bits per heavy atom. The molecular formula is C31H42F2N4O4. The summed E-state index contributed by atoms with van der Waals surface area (Å²) in [5.41, 5.74) is 1.09. The minimum absolute atomic E-state index is 0.0170. The number of amides is 2. The van der Waals surface area contributed by atoms with Crippen molar-refractivity contribution in [1.29, 1.82) is 0 Å². The molecule has 2 aromatic carbocycles. The Balaban J connectivity index is 1.94. The van der Waals surface area contributed by atoms with Gasteiger partial charge in [-0.25, -0.2) is 8.78 Å². The molecule has 4 N–H and O–H groups in total. The fourth-order valence-electron chi connectivity index (χ4n) is 4.62. The van der Waals surface area contributed by atoms with Crippen LogP contribution in [0.25, 0.3) is 0 Å². The second-order valence-electron chi connectivity index (χ2n) is 11.4. The summed E-state index contributed by atoms with van der Waals surface area (Å²) in [5, 5.41) is 20.1. The molecule has 2 amide bonds. The highest BCUT2D eigenvalue weighted by atomic mass is 19.1. The maximum absolute atomic E-state index is 13.9. The van der Waals surface area contributed by atoms with Crippen molar-refractivity contribution in [3.05, 3.63) is 82.7 Å². The van der Waals surface area contributed by atoms with Crippen LogP contribution in [0, 0.1) is 11.6 Å². The molecule has 1 aliphatic heterocycles. The first kappa shape index (κ1) is 32.0. The van der Waals surface area contributed by atoms with Gasteiger partial charge in [-0.15, -0.1) is 0 Å². The third-order valence-electron chi connectivity index (χ3n) is 6.57. The van der Waals surface area contributed by atoms with Crippen molar-refractivity contribution < 1.29 is 28.2 Å². The quantitative estimate of drug-likeness (QED) is 0.284. The molecule has 2 aromatic rings. The Hall–Kier alpha value is -3.50. The van der Waals surface area contributed by atoms with Crippen LogP contribution in [0.15, 0.2) is 48.9 Å². The standard InChI is InChI=1S/C31H42F2N4O4/c1-6-9-37(10-7-2)30(40)23-16-21(15-22(17-23)29-34-8-11-41-29)28(39)36-26(27(38)19-35-31(3,4)5)14-20-12-24(32)18-25(33)13-20/h8,11-13,15-18,26-27,29,34-35,38H,6-7,9-10,14,19H2,1-5H3,(H,36,39). The van der Waals surface area contributed by atoms with Gasteiger partial charge in [-0.3, -0.25) is 9.59 Å². The van der Waals surface area contributed by atoms with Gasteiger partial charge in [0.25, 0.3) is 11.8 Å². The highest BCUT2D eigenvalue weighted by Gasteiger charge is 2.27. The first-order chi connectivity index (χ1) is 19.4. The Bertz CT molecular complexity index is 1200. The van der Waals surface area contributed by atoms with Crippen LogP contribution in [-0.4, -0.2) is 59.1 Å². The molecular weight excluding hydrogens is 530 g/mol. The van der Waals surface area contributed by atoms with E-state index in [4.69, 9.17) is 4.74 Å². The number of hydrogen-bond acceptors (Lipinski definition) is 6. The van der Waals surface area contributed by atoms with E-state index in [0.29, 0.717) is 24.2 Å². The molecule has 3 atom stereocenters. The number of nitrogens with zero attached hydrogens (tertiary/aromatic N) is 1. The SMILES string of the molecule is CCCN(CCC)C(=O)c1cc(C(=O)NC(Cc2cc(F)cc(F)c2)C(O)CNC(C)(C)C)cc(C2NC=CO2)c1. The molecule has 1 aliphatic rings. The molecule has 3 rings (SSSR count). The van der Waals surface area contributed by atoms with Crippen molar-refractivity contribution in [2.45, 2.75) is 77.8 Å². The maximum Gasteiger partial charge on any atom is 0.253 e. The van der Waals surface area contributed by atoms with Crippen molar-refractivity contribution in [3.63, 3.8) is 0 Å². The number of carbonyl (C=O) groups excluding carboxylic acids is 2. The predicted octanol–water partition coefficient (Wildman–Crippen LogP) is 4.41. The van der Waals surface area contributed by atoms with Gasteiger partial charge >= 0.3 is 0 Å². The molecule has 0 saturated carbocycles. The van der Waals surface area contributed by atoms with E-state index < -0.39 is 35.9 Å². The van der Waals surface area contributed by atoms with Crippen LogP contribution in [0.1, 0.15) is 85.5 Å². The number of nitrogens with one attached hydrogen (secondary N) is 3. The molecule has 1 heterocycles. The average Bonchev–Trinajstić information content (AvgIpc) is 3.45. The molecule has 224 valence electrons. The van der Waals surface area contributed by atoms with Crippen molar-refractivity contribution >= 4 is 11.8 Å². The summed E-state index contributed by atoms with van der Waals surface area (Å²) in [6.07, 6.45) is 3.03. The van der Waals surface area contributed by atoms with Crippen LogP contribution in [0.3, 0.4) is 0 Å². The lowest BCUT2D eigenvalue weighted by atomic mass is 9.98. The van der Waals surface area contributed by atoms with Crippen molar-refractivity contribution in [3.8, 4) is 0 Å². The molecule has 10 heteroatoms. The van der Waals surface area contributed by atoms with Crippen LogP contribution in [-0.2, 0) is 11.2 Å². The maximum atomic E-state index is 13.9. The van der Waals surface area contributed by atoms with Gasteiger partial charge in [0.15, 0.2) is 6.23 Å². The van der Waals surface area contributed by atoms with E-state index in [2.05, 4.69) is 16.0 Å². The molecule has 0 bridgehead atoms. The summed E-state index contributed by atoms with van der Waals surface area (Å²) in [4.78, 5) is 28.9. The predicted molar refractivity (Wildman–Crippen MR) is 154 cm³/mol. The summed E-state index contributed by atoms with van der Waals surface area (Å²) < 4.78 is 33.5. The van der Waals surface area contributed by atoms with Gasteiger partial charge in [0, 0.05) is 54.1 Å². The van der Waals surface area contributed by atoms with E-state index in [9.17, 15) is 23.5 Å². The van der Waals surface area contributed by atoms with Gasteiger partial charge in [0.2, 0.25) is 0 Å². The Morgan fingerprint density at radius 2 is 1.66 bits per heavy atom. The number of aliphatic hydroxyl groups excluding tert-OH is 1. The number of ether oxygens (including phenoxy) is 1. The zero-order chi connectivity index (χ0) is 30.2. The molecule has 0 aliphatic carbocycles. The summed E-state index contributed by atoms with van der Waals surface area (Å²) in [5.74, 6) is -2.23. The molecule has 0 radical (unpaired) electrons. The number of carbonyl (C=O) groups is 2. The van der Waals surface area contributed by atoms with Gasteiger partial charge in [0.05, 0.1) is 12.1 Å². The van der Waals surface area contributed by atoms with Crippen molar-refractivity contribution in [1.82, 2.24) is 20.9 Å². The topological polar surface area (TPSA) is 103 Å². The van der Waals surface area contributed by atoms with E-state index in [1.54, 1.807) is 23.2 Å². The van der Waals surface area contributed by atoms with Crippen LogP contribution in [0.5, 0.6) is 0 Å². The number of rotatable bonds is 13. The molecule has 0 aromatic heterocycles. The molecule has 41 heavy (non-hydrogen) atoms. The molecule has 0 saturated heterocycles. The minimum Gasteiger partial charge on any atom is -0.473 e. The van der Waals surface area contributed by atoms with Gasteiger partial charge in [-0.05, 0) is 75.9 Å². The van der Waals surface area contributed by atoms with Crippen molar-refractivity contribution in [2.75, 3.05) is 19.6 Å². The van der Waals surface area contributed by atoms with E-state index in [0.717, 1.165) is 18.9 Å². The van der Waals surface area contributed by atoms with Crippen LogP contribution >= 0.6 is 0 Å². The number of hydrogen-bond donors (Lipinski definition) is 4. The first-order valence-electron chi connectivity index (χ1n) is 14.1. The lowest BCUT2D eigenvalue weighted by molar-refractivity contribution is 0.0755. The molecule has 0 spiro atoms. The van der Waals surface area contributed by atoms with Gasteiger partial charge in [-0.2, -0.15) is 0 Å². The summed E-state index contributed by atoms with van der Waals surface area (Å²) in [6.45, 7) is 11.1. The average molecular weight is 573 g/mol. The van der Waals surface area contributed by atoms with E-state index >= 15 is 0 Å².